The van der Waals surface area contributed by atoms with E-state index in [-0.39, 0.29) is 5.91 Å². The molecule has 5 heteroatoms. The highest BCUT2D eigenvalue weighted by molar-refractivity contribution is 5.76. The van der Waals surface area contributed by atoms with Crippen LogP contribution in [0.5, 0.6) is 0 Å². The number of aromatic nitrogens is 2. The zero-order valence-electron chi connectivity index (χ0n) is 15.5. The molecule has 0 atom stereocenters. The fraction of sp³-hybridized carbons (Fsp3) is 0.500. The van der Waals surface area contributed by atoms with Crippen LogP contribution in [0.3, 0.4) is 0 Å². The van der Waals surface area contributed by atoms with E-state index in [1.165, 1.54) is 11.3 Å². The quantitative estimate of drug-likeness (QED) is 0.910. The third kappa shape index (κ3) is 4.41. The van der Waals surface area contributed by atoms with Gasteiger partial charge in [0.2, 0.25) is 5.91 Å². The van der Waals surface area contributed by atoms with Gasteiger partial charge in [-0.25, -0.2) is 0 Å². The number of benzene rings is 1. The average Bonchev–Trinajstić information content (AvgIpc) is 3.06. The number of H-pyrrole nitrogens is 1. The lowest BCUT2D eigenvalue weighted by molar-refractivity contribution is -0.132. The first-order valence-corrected chi connectivity index (χ1v) is 9.09. The normalized spacial score (nSPS) is 15.4. The molecule has 2 heterocycles. The Morgan fingerprint density at radius 2 is 2.04 bits per heavy atom. The van der Waals surface area contributed by atoms with Crippen molar-refractivity contribution < 1.29 is 4.79 Å². The molecule has 0 unspecified atom stereocenters. The molecule has 1 aliphatic heterocycles. The molecular weight excluding hydrogens is 312 g/mol. The highest BCUT2D eigenvalue weighted by Crippen LogP contribution is 2.27. The minimum atomic E-state index is 0.270. The SMILES string of the molecule is Cc1cc(C2CCN(C(=O)CCc3cccc(N(C)C)c3)CC2)n[nH]1. The summed E-state index contributed by atoms with van der Waals surface area (Å²) in [6.45, 7) is 3.71. The molecular formula is C20H28N4O. The molecule has 2 aromatic rings. The lowest BCUT2D eigenvalue weighted by Gasteiger charge is -2.31. The van der Waals surface area contributed by atoms with E-state index in [1.54, 1.807) is 0 Å². The van der Waals surface area contributed by atoms with E-state index < -0.39 is 0 Å². The lowest BCUT2D eigenvalue weighted by atomic mass is 9.93. The van der Waals surface area contributed by atoms with E-state index in [0.717, 1.165) is 43.7 Å². The number of nitrogens with one attached hydrogen (secondary N) is 1. The van der Waals surface area contributed by atoms with Gasteiger partial charge in [0, 0.05) is 50.9 Å². The van der Waals surface area contributed by atoms with Crippen molar-refractivity contribution in [2.24, 2.45) is 0 Å². The van der Waals surface area contributed by atoms with Gasteiger partial charge in [0.15, 0.2) is 0 Å². The molecule has 25 heavy (non-hydrogen) atoms. The molecule has 0 bridgehead atoms. The summed E-state index contributed by atoms with van der Waals surface area (Å²) in [5.74, 6) is 0.748. The smallest absolute Gasteiger partial charge is 0.222 e. The maximum Gasteiger partial charge on any atom is 0.222 e. The summed E-state index contributed by atoms with van der Waals surface area (Å²) in [5.41, 5.74) is 4.65. The zero-order valence-corrected chi connectivity index (χ0v) is 15.5. The van der Waals surface area contributed by atoms with Crippen LogP contribution in [0.25, 0.3) is 0 Å². The van der Waals surface area contributed by atoms with Crippen molar-refractivity contribution in [3.05, 3.63) is 47.3 Å². The molecule has 5 nitrogen and oxygen atoms in total. The van der Waals surface area contributed by atoms with Crippen molar-refractivity contribution in [2.45, 2.75) is 38.5 Å². The number of amides is 1. The van der Waals surface area contributed by atoms with Gasteiger partial charge in [0.25, 0.3) is 0 Å². The van der Waals surface area contributed by atoms with Gasteiger partial charge in [-0.3, -0.25) is 9.89 Å². The minimum Gasteiger partial charge on any atom is -0.378 e. The van der Waals surface area contributed by atoms with E-state index in [1.807, 2.05) is 25.9 Å². The van der Waals surface area contributed by atoms with Gasteiger partial charge in [0.1, 0.15) is 0 Å². The number of aryl methyl sites for hydroxylation is 2. The van der Waals surface area contributed by atoms with E-state index in [0.29, 0.717) is 12.3 Å². The Morgan fingerprint density at radius 3 is 2.68 bits per heavy atom. The summed E-state index contributed by atoms with van der Waals surface area (Å²) in [7, 11) is 4.07. The number of piperidine rings is 1. The van der Waals surface area contributed by atoms with E-state index in [9.17, 15) is 4.79 Å². The van der Waals surface area contributed by atoms with Crippen LogP contribution in [0.1, 0.15) is 42.1 Å². The van der Waals surface area contributed by atoms with E-state index in [4.69, 9.17) is 0 Å². The van der Waals surface area contributed by atoms with Gasteiger partial charge < -0.3 is 9.80 Å². The summed E-state index contributed by atoms with van der Waals surface area (Å²) >= 11 is 0. The maximum atomic E-state index is 12.5. The van der Waals surface area contributed by atoms with Gasteiger partial charge in [-0.15, -0.1) is 0 Å². The van der Waals surface area contributed by atoms with Gasteiger partial charge in [-0.05, 0) is 49.9 Å². The molecule has 0 saturated carbocycles. The number of aromatic amines is 1. The first kappa shape index (κ1) is 17.5. The Labute approximate surface area is 150 Å². The van der Waals surface area contributed by atoms with Crippen molar-refractivity contribution in [1.29, 1.82) is 0 Å². The number of carbonyl (C=O) groups excluding carboxylic acids is 1. The Bertz CT molecular complexity index is 714. The number of anilines is 1. The van der Waals surface area contributed by atoms with Crippen LogP contribution in [0.15, 0.2) is 30.3 Å². The third-order valence-corrected chi connectivity index (χ3v) is 5.05. The number of hydrogen-bond acceptors (Lipinski definition) is 3. The highest BCUT2D eigenvalue weighted by atomic mass is 16.2. The van der Waals surface area contributed by atoms with Crippen LogP contribution in [0.4, 0.5) is 5.69 Å². The largest absolute Gasteiger partial charge is 0.378 e. The standard InChI is InChI=1S/C20H28N4O/c1-15-13-19(22-21-15)17-9-11-24(12-10-17)20(25)8-7-16-5-4-6-18(14-16)23(2)3/h4-6,13-14,17H,7-12H2,1-3H3,(H,21,22). The van der Waals surface area contributed by atoms with Crippen LogP contribution in [-0.2, 0) is 11.2 Å². The number of nitrogens with zero attached hydrogens (tertiary/aromatic N) is 3. The first-order chi connectivity index (χ1) is 12.0. The van der Waals surface area contributed by atoms with E-state index in [2.05, 4.69) is 45.4 Å². The Balaban J connectivity index is 1.49. The molecule has 1 aliphatic rings. The molecule has 0 radical (unpaired) electrons. The molecule has 1 amide bonds. The molecule has 134 valence electrons. The van der Waals surface area contributed by atoms with Gasteiger partial charge in [-0.2, -0.15) is 5.10 Å². The molecule has 1 aromatic carbocycles. The zero-order chi connectivity index (χ0) is 17.8. The van der Waals surface area contributed by atoms with Gasteiger partial charge in [-0.1, -0.05) is 12.1 Å². The first-order valence-electron chi connectivity index (χ1n) is 9.09. The Kier molecular flexibility index (Phi) is 5.41. The Hall–Kier alpha value is -2.30. The fourth-order valence-corrected chi connectivity index (χ4v) is 3.47. The lowest BCUT2D eigenvalue weighted by Crippen LogP contribution is -2.38. The second kappa shape index (κ2) is 7.72. The molecule has 0 aliphatic carbocycles. The summed E-state index contributed by atoms with van der Waals surface area (Å²) in [6, 6.07) is 10.5. The predicted molar refractivity (Wildman–Crippen MR) is 101 cm³/mol. The van der Waals surface area contributed by atoms with Gasteiger partial charge in [0.05, 0.1) is 5.69 Å². The summed E-state index contributed by atoms with van der Waals surface area (Å²) in [4.78, 5) is 16.6. The third-order valence-electron chi connectivity index (χ3n) is 5.05. The molecule has 1 fully saturated rings. The number of hydrogen-bond donors (Lipinski definition) is 1. The van der Waals surface area contributed by atoms with Crippen LogP contribution in [0, 0.1) is 6.92 Å². The highest BCUT2D eigenvalue weighted by Gasteiger charge is 2.24. The number of likely N-dealkylation sites (tertiary alicyclic amines) is 1. The average molecular weight is 340 g/mol. The molecule has 1 saturated heterocycles. The van der Waals surface area contributed by atoms with Crippen LogP contribution >= 0.6 is 0 Å². The van der Waals surface area contributed by atoms with Crippen molar-refractivity contribution in [2.75, 3.05) is 32.1 Å². The number of rotatable bonds is 5. The second-order valence-corrected chi connectivity index (χ2v) is 7.20. The van der Waals surface area contributed by atoms with Crippen LogP contribution in [0.2, 0.25) is 0 Å². The second-order valence-electron chi connectivity index (χ2n) is 7.20. The topological polar surface area (TPSA) is 52.2 Å². The van der Waals surface area contributed by atoms with E-state index >= 15 is 0 Å². The Morgan fingerprint density at radius 1 is 1.28 bits per heavy atom. The van der Waals surface area contributed by atoms with Crippen LogP contribution in [-0.4, -0.2) is 48.2 Å². The van der Waals surface area contributed by atoms with Crippen molar-refractivity contribution >= 4 is 11.6 Å². The number of carbonyl (C=O) groups is 1. The summed E-state index contributed by atoms with van der Waals surface area (Å²) in [6.07, 6.45) is 3.40. The molecule has 1 N–H and O–H groups in total. The monoisotopic (exact) mass is 340 g/mol. The molecule has 1 aromatic heterocycles. The van der Waals surface area contributed by atoms with Crippen molar-refractivity contribution in [1.82, 2.24) is 15.1 Å². The minimum absolute atomic E-state index is 0.270. The predicted octanol–water partition coefficient (Wildman–Crippen LogP) is 3.12. The fourth-order valence-electron chi connectivity index (χ4n) is 3.47. The molecule has 3 rings (SSSR count). The van der Waals surface area contributed by atoms with Crippen molar-refractivity contribution in [3.63, 3.8) is 0 Å². The van der Waals surface area contributed by atoms with Crippen molar-refractivity contribution in [3.8, 4) is 0 Å². The van der Waals surface area contributed by atoms with Crippen LogP contribution < -0.4 is 4.90 Å². The van der Waals surface area contributed by atoms with Gasteiger partial charge >= 0.3 is 0 Å². The summed E-state index contributed by atoms with van der Waals surface area (Å²) in [5, 5.41) is 7.39. The summed E-state index contributed by atoms with van der Waals surface area (Å²) < 4.78 is 0. The molecule has 0 spiro atoms. The maximum absolute atomic E-state index is 12.5.